The normalized spacial score (nSPS) is 17.6. The predicted molar refractivity (Wildman–Crippen MR) is 61.4 cm³/mol. The fourth-order valence-corrected chi connectivity index (χ4v) is 1.41. The molecule has 6 nitrogen and oxygen atoms in total. The van der Waals surface area contributed by atoms with Gasteiger partial charge in [-0.1, -0.05) is 5.57 Å². The molecule has 0 saturated carbocycles. The van der Waals surface area contributed by atoms with Gasteiger partial charge in [-0.25, -0.2) is 5.43 Å². The van der Waals surface area contributed by atoms with Crippen LogP contribution in [-0.4, -0.2) is 20.9 Å². The molecular weight excluding hydrogens is 206 g/mol. The quantitative estimate of drug-likeness (QED) is 0.726. The Morgan fingerprint density at radius 2 is 2.19 bits per heavy atom. The van der Waals surface area contributed by atoms with Gasteiger partial charge in [-0.05, 0) is 32.8 Å². The van der Waals surface area contributed by atoms with E-state index in [-0.39, 0.29) is 11.5 Å². The lowest BCUT2D eigenvalue weighted by Gasteiger charge is -1.99. The number of aromatic nitrogens is 3. The van der Waals surface area contributed by atoms with Crippen molar-refractivity contribution in [1.82, 2.24) is 15.2 Å². The van der Waals surface area contributed by atoms with Crippen LogP contribution in [0, 0.1) is 6.92 Å². The fraction of sp³-hybridized carbons (Fsp3) is 0.400. The standard InChI is InChI=1S/C10H13N5O/c1-6-3-4-8(5-6)13-15-10-11-9(16)7(2)12-14-10/h5H,3-4H2,1-2H3,(H2,11,14,15,16)/b13-8+. The van der Waals surface area contributed by atoms with Crippen LogP contribution in [0.25, 0.3) is 0 Å². The zero-order valence-electron chi connectivity index (χ0n) is 9.24. The number of allylic oxidation sites excluding steroid dienone is 2. The topological polar surface area (TPSA) is 83.0 Å². The molecule has 1 aliphatic rings. The van der Waals surface area contributed by atoms with Crippen molar-refractivity contribution < 1.29 is 0 Å². The van der Waals surface area contributed by atoms with Crippen LogP contribution in [0.1, 0.15) is 25.5 Å². The molecule has 6 heteroatoms. The van der Waals surface area contributed by atoms with Crippen LogP contribution in [0.4, 0.5) is 5.95 Å². The van der Waals surface area contributed by atoms with E-state index in [1.165, 1.54) is 5.57 Å². The Kier molecular flexibility index (Phi) is 2.80. The Balaban J connectivity index is 2.11. The minimum atomic E-state index is -0.254. The summed E-state index contributed by atoms with van der Waals surface area (Å²) in [4.78, 5) is 13.8. The molecule has 1 aromatic heterocycles. The number of hydrogen-bond donors (Lipinski definition) is 2. The monoisotopic (exact) mass is 219 g/mol. The van der Waals surface area contributed by atoms with Gasteiger partial charge < -0.3 is 0 Å². The number of hydrazone groups is 1. The van der Waals surface area contributed by atoms with Crippen molar-refractivity contribution in [1.29, 1.82) is 0 Å². The number of H-pyrrole nitrogens is 1. The third-order valence-electron chi connectivity index (χ3n) is 2.35. The van der Waals surface area contributed by atoms with E-state index in [2.05, 4.69) is 32.6 Å². The largest absolute Gasteiger partial charge is 0.288 e. The van der Waals surface area contributed by atoms with E-state index in [9.17, 15) is 4.79 Å². The van der Waals surface area contributed by atoms with Gasteiger partial charge in [0, 0.05) is 0 Å². The van der Waals surface area contributed by atoms with Crippen molar-refractivity contribution in [2.24, 2.45) is 5.10 Å². The van der Waals surface area contributed by atoms with Gasteiger partial charge in [-0.15, -0.1) is 10.2 Å². The van der Waals surface area contributed by atoms with Crippen molar-refractivity contribution >= 4 is 11.7 Å². The molecule has 0 amide bonds. The summed E-state index contributed by atoms with van der Waals surface area (Å²) in [5.41, 5.74) is 5.05. The third-order valence-corrected chi connectivity index (χ3v) is 2.35. The zero-order chi connectivity index (χ0) is 11.5. The highest BCUT2D eigenvalue weighted by molar-refractivity contribution is 5.98. The Morgan fingerprint density at radius 1 is 1.38 bits per heavy atom. The van der Waals surface area contributed by atoms with Gasteiger partial charge in [0.25, 0.3) is 5.56 Å². The van der Waals surface area contributed by atoms with Gasteiger partial charge in [0.15, 0.2) is 0 Å². The molecule has 84 valence electrons. The number of anilines is 1. The molecule has 0 spiro atoms. The highest BCUT2D eigenvalue weighted by Crippen LogP contribution is 2.14. The summed E-state index contributed by atoms with van der Waals surface area (Å²) in [6.07, 6.45) is 3.98. The summed E-state index contributed by atoms with van der Waals surface area (Å²) in [6, 6.07) is 0. The molecule has 0 fully saturated rings. The van der Waals surface area contributed by atoms with E-state index in [4.69, 9.17) is 0 Å². The highest BCUT2D eigenvalue weighted by atomic mass is 16.1. The molecule has 0 radical (unpaired) electrons. The summed E-state index contributed by atoms with van der Waals surface area (Å²) in [7, 11) is 0. The predicted octanol–water partition coefficient (Wildman–Crippen LogP) is 0.981. The number of nitrogens with one attached hydrogen (secondary N) is 2. The van der Waals surface area contributed by atoms with Crippen LogP contribution >= 0.6 is 0 Å². The Hall–Kier alpha value is -1.98. The number of aromatic amines is 1. The highest BCUT2D eigenvalue weighted by Gasteiger charge is 2.06. The minimum absolute atomic E-state index is 0.254. The van der Waals surface area contributed by atoms with Gasteiger partial charge in [0.05, 0.1) is 5.71 Å². The van der Waals surface area contributed by atoms with Crippen LogP contribution in [0.15, 0.2) is 21.5 Å². The van der Waals surface area contributed by atoms with E-state index in [0.717, 1.165) is 18.6 Å². The van der Waals surface area contributed by atoms with Crippen molar-refractivity contribution in [3.05, 3.63) is 27.7 Å². The first-order valence-corrected chi connectivity index (χ1v) is 5.08. The smallest absolute Gasteiger partial charge is 0.274 e. The number of aryl methyl sites for hydroxylation is 1. The molecule has 0 saturated heterocycles. The van der Waals surface area contributed by atoms with E-state index in [1.807, 2.05) is 6.08 Å². The molecule has 16 heavy (non-hydrogen) atoms. The Morgan fingerprint density at radius 3 is 2.81 bits per heavy atom. The molecule has 0 atom stereocenters. The second-order valence-corrected chi connectivity index (χ2v) is 3.79. The summed E-state index contributed by atoms with van der Waals surface area (Å²) in [5.74, 6) is 0.265. The second kappa shape index (κ2) is 4.26. The molecule has 0 unspecified atom stereocenters. The van der Waals surface area contributed by atoms with E-state index in [1.54, 1.807) is 6.92 Å². The van der Waals surface area contributed by atoms with Crippen LogP contribution in [0.3, 0.4) is 0 Å². The molecule has 0 aliphatic heterocycles. The van der Waals surface area contributed by atoms with Gasteiger partial charge in [-0.2, -0.15) is 5.10 Å². The summed E-state index contributed by atoms with van der Waals surface area (Å²) < 4.78 is 0. The van der Waals surface area contributed by atoms with Crippen molar-refractivity contribution in [2.45, 2.75) is 26.7 Å². The maximum absolute atomic E-state index is 11.2. The minimum Gasteiger partial charge on any atom is -0.288 e. The van der Waals surface area contributed by atoms with E-state index >= 15 is 0 Å². The van der Waals surface area contributed by atoms with E-state index in [0.29, 0.717) is 5.69 Å². The third kappa shape index (κ3) is 2.33. The zero-order valence-corrected chi connectivity index (χ0v) is 9.24. The molecule has 1 heterocycles. The molecule has 0 aromatic carbocycles. The van der Waals surface area contributed by atoms with Crippen molar-refractivity contribution in [2.75, 3.05) is 5.43 Å². The van der Waals surface area contributed by atoms with Gasteiger partial charge >= 0.3 is 0 Å². The summed E-state index contributed by atoms with van der Waals surface area (Å²) in [6.45, 7) is 3.67. The summed E-state index contributed by atoms with van der Waals surface area (Å²) in [5, 5.41) is 11.6. The number of hydrogen-bond acceptors (Lipinski definition) is 5. The SMILES string of the molecule is CC1=C/C(=N/Nc2nnc(C)c(=O)[nH]2)CC1. The first-order chi connectivity index (χ1) is 7.65. The maximum Gasteiger partial charge on any atom is 0.274 e. The number of rotatable bonds is 2. The summed E-state index contributed by atoms with van der Waals surface area (Å²) >= 11 is 0. The second-order valence-electron chi connectivity index (χ2n) is 3.79. The van der Waals surface area contributed by atoms with Crippen molar-refractivity contribution in [3.8, 4) is 0 Å². The fourth-order valence-electron chi connectivity index (χ4n) is 1.41. The van der Waals surface area contributed by atoms with Gasteiger partial charge in [0.1, 0.15) is 5.69 Å². The van der Waals surface area contributed by atoms with Gasteiger partial charge in [0.2, 0.25) is 5.95 Å². The first-order valence-electron chi connectivity index (χ1n) is 5.08. The first kappa shape index (κ1) is 10.5. The average molecular weight is 219 g/mol. The van der Waals surface area contributed by atoms with Crippen LogP contribution in [-0.2, 0) is 0 Å². The lowest BCUT2D eigenvalue weighted by Crippen LogP contribution is -2.15. The molecule has 0 bridgehead atoms. The van der Waals surface area contributed by atoms with Crippen LogP contribution < -0.4 is 11.0 Å². The van der Waals surface area contributed by atoms with E-state index < -0.39 is 0 Å². The molecular formula is C10H13N5O. The number of nitrogens with zero attached hydrogens (tertiary/aromatic N) is 3. The van der Waals surface area contributed by atoms with Crippen LogP contribution in [0.5, 0.6) is 0 Å². The lowest BCUT2D eigenvalue weighted by molar-refractivity contribution is 0.896. The van der Waals surface area contributed by atoms with Crippen molar-refractivity contribution in [3.63, 3.8) is 0 Å². The maximum atomic E-state index is 11.2. The molecule has 1 aliphatic carbocycles. The lowest BCUT2D eigenvalue weighted by atomic mass is 10.3. The molecule has 2 rings (SSSR count). The average Bonchev–Trinajstić information content (AvgIpc) is 2.66. The van der Waals surface area contributed by atoms with Gasteiger partial charge in [-0.3, -0.25) is 9.78 Å². The van der Waals surface area contributed by atoms with Crippen LogP contribution in [0.2, 0.25) is 0 Å². The molecule has 1 aromatic rings. The Bertz CT molecular complexity index is 514. The molecule has 2 N–H and O–H groups in total. The Labute approximate surface area is 92.5 Å².